The molecule has 1 fully saturated rings. The van der Waals surface area contributed by atoms with E-state index in [1.807, 2.05) is 12.1 Å². The number of anilines is 2. The Hall–Kier alpha value is -2.89. The lowest BCUT2D eigenvalue weighted by Gasteiger charge is -2.34. The predicted octanol–water partition coefficient (Wildman–Crippen LogP) is 2.85. The molecule has 2 heterocycles. The summed E-state index contributed by atoms with van der Waals surface area (Å²) in [7, 11) is 0. The van der Waals surface area contributed by atoms with Crippen LogP contribution in [0.15, 0.2) is 42.6 Å². The standard InChI is InChI=1S/C21H26N4O2/c1-4-25(18-7-5-6-16(2)14-18)19-8-9-20(22-15-19)21(27)24-12-10-23(11-13-24)17(3)26/h5-9,14-15H,4,10-13H2,1-3H3. The summed E-state index contributed by atoms with van der Waals surface area (Å²) in [5.41, 5.74) is 3.71. The maximum absolute atomic E-state index is 12.7. The fraction of sp³-hybridized carbons (Fsp3) is 0.381. The number of carbonyl (C=O) groups excluding carboxylic acids is 2. The summed E-state index contributed by atoms with van der Waals surface area (Å²) in [5.74, 6) is -0.0243. The molecular weight excluding hydrogens is 340 g/mol. The van der Waals surface area contributed by atoms with E-state index in [1.54, 1.807) is 29.0 Å². The van der Waals surface area contributed by atoms with Gasteiger partial charge in [-0.2, -0.15) is 0 Å². The molecule has 1 aromatic carbocycles. The number of amides is 2. The zero-order valence-corrected chi connectivity index (χ0v) is 16.2. The molecular formula is C21H26N4O2. The van der Waals surface area contributed by atoms with Crippen molar-refractivity contribution in [2.45, 2.75) is 20.8 Å². The average Bonchev–Trinajstić information content (AvgIpc) is 2.69. The molecule has 6 nitrogen and oxygen atoms in total. The van der Waals surface area contributed by atoms with Gasteiger partial charge in [0.1, 0.15) is 5.69 Å². The third-order valence-corrected chi connectivity index (χ3v) is 4.92. The van der Waals surface area contributed by atoms with Crippen LogP contribution in [0.5, 0.6) is 0 Å². The SMILES string of the molecule is CCN(c1ccc(C(=O)N2CCN(C(C)=O)CC2)nc1)c1cccc(C)c1. The number of pyridine rings is 1. The first kappa shape index (κ1) is 18.9. The lowest BCUT2D eigenvalue weighted by molar-refractivity contribution is -0.130. The van der Waals surface area contributed by atoms with Crippen LogP contribution in [0.3, 0.4) is 0 Å². The van der Waals surface area contributed by atoms with Gasteiger partial charge in [-0.25, -0.2) is 4.98 Å². The van der Waals surface area contributed by atoms with Gasteiger partial charge in [0, 0.05) is 45.3 Å². The summed E-state index contributed by atoms with van der Waals surface area (Å²) in [4.78, 5) is 34.2. The number of rotatable bonds is 4. The lowest BCUT2D eigenvalue weighted by Crippen LogP contribution is -2.50. The summed E-state index contributed by atoms with van der Waals surface area (Å²) >= 11 is 0. The van der Waals surface area contributed by atoms with Crippen LogP contribution in [0.2, 0.25) is 0 Å². The topological polar surface area (TPSA) is 56.8 Å². The van der Waals surface area contributed by atoms with Crippen molar-refractivity contribution in [2.24, 2.45) is 0 Å². The minimum atomic E-state index is -0.0802. The second kappa shape index (κ2) is 8.20. The van der Waals surface area contributed by atoms with Crippen LogP contribution >= 0.6 is 0 Å². The quantitative estimate of drug-likeness (QED) is 0.835. The van der Waals surface area contributed by atoms with Gasteiger partial charge in [-0.1, -0.05) is 12.1 Å². The molecule has 27 heavy (non-hydrogen) atoms. The first-order chi connectivity index (χ1) is 13.0. The molecule has 3 rings (SSSR count). The van der Waals surface area contributed by atoms with Crippen LogP contribution < -0.4 is 4.90 Å². The normalized spacial score (nSPS) is 14.2. The molecule has 1 aromatic heterocycles. The number of piperazine rings is 1. The molecule has 0 unspecified atom stereocenters. The van der Waals surface area contributed by atoms with Crippen LogP contribution in [0.1, 0.15) is 29.9 Å². The fourth-order valence-electron chi connectivity index (χ4n) is 3.37. The van der Waals surface area contributed by atoms with Crippen LogP contribution in [0.25, 0.3) is 0 Å². The van der Waals surface area contributed by atoms with Gasteiger partial charge in [0.15, 0.2) is 0 Å². The van der Waals surface area contributed by atoms with Crippen molar-refractivity contribution < 1.29 is 9.59 Å². The monoisotopic (exact) mass is 366 g/mol. The van der Waals surface area contributed by atoms with Gasteiger partial charge in [-0.15, -0.1) is 0 Å². The van der Waals surface area contributed by atoms with E-state index in [4.69, 9.17) is 0 Å². The van der Waals surface area contributed by atoms with Crippen molar-refractivity contribution in [3.05, 3.63) is 53.9 Å². The summed E-state index contributed by atoms with van der Waals surface area (Å²) < 4.78 is 0. The van der Waals surface area contributed by atoms with Crippen molar-refractivity contribution in [3.63, 3.8) is 0 Å². The summed E-state index contributed by atoms with van der Waals surface area (Å²) in [6.07, 6.45) is 1.75. The van der Waals surface area contributed by atoms with Crippen molar-refractivity contribution in [1.29, 1.82) is 0 Å². The van der Waals surface area contributed by atoms with Gasteiger partial charge < -0.3 is 14.7 Å². The van der Waals surface area contributed by atoms with Gasteiger partial charge in [-0.05, 0) is 43.7 Å². The van der Waals surface area contributed by atoms with Crippen LogP contribution in [0.4, 0.5) is 11.4 Å². The number of hydrogen-bond donors (Lipinski definition) is 0. The second-order valence-corrected chi connectivity index (χ2v) is 6.78. The van der Waals surface area contributed by atoms with E-state index in [9.17, 15) is 9.59 Å². The van der Waals surface area contributed by atoms with Gasteiger partial charge in [0.05, 0.1) is 11.9 Å². The molecule has 0 atom stereocenters. The zero-order chi connectivity index (χ0) is 19.4. The average molecular weight is 366 g/mol. The van der Waals surface area contributed by atoms with E-state index >= 15 is 0 Å². The highest BCUT2D eigenvalue weighted by Gasteiger charge is 2.24. The van der Waals surface area contributed by atoms with Crippen LogP contribution in [0, 0.1) is 6.92 Å². The first-order valence-electron chi connectivity index (χ1n) is 9.34. The number of carbonyl (C=O) groups is 2. The molecule has 2 aromatic rings. The van der Waals surface area contributed by atoms with Crippen molar-refractivity contribution in [1.82, 2.24) is 14.8 Å². The van der Waals surface area contributed by atoms with E-state index in [2.05, 4.69) is 41.9 Å². The largest absolute Gasteiger partial charge is 0.341 e. The number of aromatic nitrogens is 1. The number of hydrogen-bond acceptors (Lipinski definition) is 4. The molecule has 0 spiro atoms. The van der Waals surface area contributed by atoms with Crippen molar-refractivity contribution in [2.75, 3.05) is 37.6 Å². The lowest BCUT2D eigenvalue weighted by atomic mass is 10.2. The Kier molecular flexibility index (Phi) is 5.74. The molecule has 2 amide bonds. The molecule has 1 aliphatic rings. The first-order valence-corrected chi connectivity index (χ1v) is 9.34. The van der Waals surface area contributed by atoms with Crippen molar-refractivity contribution in [3.8, 4) is 0 Å². The molecule has 1 aliphatic heterocycles. The fourth-order valence-corrected chi connectivity index (χ4v) is 3.37. The van der Waals surface area contributed by atoms with E-state index in [1.165, 1.54) is 5.56 Å². The number of benzene rings is 1. The molecule has 0 radical (unpaired) electrons. The summed E-state index contributed by atoms with van der Waals surface area (Å²) in [6.45, 7) is 8.79. The second-order valence-electron chi connectivity index (χ2n) is 6.78. The number of nitrogens with zero attached hydrogens (tertiary/aromatic N) is 4. The molecule has 0 saturated carbocycles. The van der Waals surface area contributed by atoms with E-state index in [0.29, 0.717) is 31.9 Å². The Balaban J connectivity index is 1.71. The third kappa shape index (κ3) is 4.27. The molecule has 0 aliphatic carbocycles. The Labute approximate surface area is 160 Å². The van der Waals surface area contributed by atoms with E-state index in [-0.39, 0.29) is 11.8 Å². The molecule has 0 bridgehead atoms. The third-order valence-electron chi connectivity index (χ3n) is 4.92. The molecule has 1 saturated heterocycles. The van der Waals surface area contributed by atoms with Crippen LogP contribution in [-0.4, -0.2) is 59.3 Å². The highest BCUT2D eigenvalue weighted by Crippen LogP contribution is 2.25. The van der Waals surface area contributed by atoms with Gasteiger partial charge >= 0.3 is 0 Å². The van der Waals surface area contributed by atoms with E-state index < -0.39 is 0 Å². The van der Waals surface area contributed by atoms with Crippen molar-refractivity contribution >= 4 is 23.2 Å². The zero-order valence-electron chi connectivity index (χ0n) is 16.2. The predicted molar refractivity (Wildman–Crippen MR) is 106 cm³/mol. The Morgan fingerprint density at radius 2 is 1.74 bits per heavy atom. The summed E-state index contributed by atoms with van der Waals surface area (Å²) in [5, 5.41) is 0. The Morgan fingerprint density at radius 1 is 1.04 bits per heavy atom. The Bertz CT molecular complexity index is 811. The minimum absolute atomic E-state index is 0.0559. The van der Waals surface area contributed by atoms with Gasteiger partial charge in [0.2, 0.25) is 5.91 Å². The van der Waals surface area contributed by atoms with Crippen LogP contribution in [-0.2, 0) is 4.79 Å². The molecule has 0 N–H and O–H groups in total. The smallest absolute Gasteiger partial charge is 0.272 e. The maximum atomic E-state index is 12.7. The summed E-state index contributed by atoms with van der Waals surface area (Å²) in [6, 6.07) is 12.1. The van der Waals surface area contributed by atoms with Gasteiger partial charge in [-0.3, -0.25) is 9.59 Å². The molecule has 142 valence electrons. The Morgan fingerprint density at radius 3 is 2.30 bits per heavy atom. The maximum Gasteiger partial charge on any atom is 0.272 e. The number of aryl methyl sites for hydroxylation is 1. The highest BCUT2D eigenvalue weighted by atomic mass is 16.2. The molecule has 6 heteroatoms. The highest BCUT2D eigenvalue weighted by molar-refractivity contribution is 5.92. The van der Waals surface area contributed by atoms with Gasteiger partial charge in [0.25, 0.3) is 5.91 Å². The minimum Gasteiger partial charge on any atom is -0.341 e. The van der Waals surface area contributed by atoms with E-state index in [0.717, 1.165) is 17.9 Å².